The van der Waals surface area contributed by atoms with Crippen molar-refractivity contribution in [2.24, 2.45) is 0 Å². The van der Waals surface area contributed by atoms with Gasteiger partial charge in [-0.1, -0.05) is 35.3 Å². The van der Waals surface area contributed by atoms with E-state index in [0.717, 1.165) is 5.56 Å². The minimum absolute atomic E-state index is 0.0215. The third-order valence-electron chi connectivity index (χ3n) is 3.97. The van der Waals surface area contributed by atoms with Crippen LogP contribution in [0.4, 0.5) is 0 Å². The molecule has 2 rings (SSSR count). The highest BCUT2D eigenvalue weighted by molar-refractivity contribution is 6.32. The molecule has 1 atom stereocenters. The van der Waals surface area contributed by atoms with Gasteiger partial charge in [-0.15, -0.1) is 0 Å². The van der Waals surface area contributed by atoms with Gasteiger partial charge in [0.2, 0.25) is 5.91 Å². The zero-order chi connectivity index (χ0) is 20.7. The van der Waals surface area contributed by atoms with E-state index in [1.807, 2.05) is 32.0 Å². The Hall–Kier alpha value is -2.24. The summed E-state index contributed by atoms with van der Waals surface area (Å²) in [7, 11) is 1.56. The van der Waals surface area contributed by atoms with Gasteiger partial charge in [0.05, 0.1) is 11.1 Å². The van der Waals surface area contributed by atoms with E-state index in [0.29, 0.717) is 27.8 Å². The molecule has 0 bridgehead atoms. The number of hydrogen-bond acceptors (Lipinski definition) is 3. The standard InChI is InChI=1S/C21H24Cl2N2O3/c1-13(2)28-19-8-7-15(11-18(19)23)21(27)25-17(12-20(26)24-3)10-14-5-4-6-16(22)9-14/h4-9,11,13,17H,10,12H2,1-3H3,(H,24,26)(H,25,27). The molecular weight excluding hydrogens is 399 g/mol. The Morgan fingerprint density at radius 2 is 1.86 bits per heavy atom. The first kappa shape index (κ1) is 22.1. The van der Waals surface area contributed by atoms with E-state index in [1.165, 1.54) is 0 Å². The van der Waals surface area contributed by atoms with E-state index in [9.17, 15) is 9.59 Å². The predicted octanol–water partition coefficient (Wildman–Crippen LogP) is 4.26. The van der Waals surface area contributed by atoms with Crippen LogP contribution in [0.25, 0.3) is 0 Å². The second-order valence-corrected chi connectivity index (χ2v) is 7.54. The van der Waals surface area contributed by atoms with Gasteiger partial charge in [0.25, 0.3) is 5.91 Å². The van der Waals surface area contributed by atoms with Gasteiger partial charge >= 0.3 is 0 Å². The number of hydrogen-bond donors (Lipinski definition) is 2. The molecule has 2 N–H and O–H groups in total. The fourth-order valence-corrected chi connectivity index (χ4v) is 3.15. The van der Waals surface area contributed by atoms with Crippen LogP contribution in [0.3, 0.4) is 0 Å². The van der Waals surface area contributed by atoms with Gasteiger partial charge < -0.3 is 15.4 Å². The van der Waals surface area contributed by atoms with Gasteiger partial charge in [0.1, 0.15) is 5.75 Å². The first-order valence-electron chi connectivity index (χ1n) is 9.00. The Balaban J connectivity index is 2.14. The lowest BCUT2D eigenvalue weighted by atomic mass is 10.0. The fourth-order valence-electron chi connectivity index (χ4n) is 2.71. The molecule has 5 nitrogen and oxygen atoms in total. The summed E-state index contributed by atoms with van der Waals surface area (Å²) in [6.45, 7) is 3.80. The van der Waals surface area contributed by atoms with E-state index in [2.05, 4.69) is 10.6 Å². The van der Waals surface area contributed by atoms with Crippen LogP contribution in [0, 0.1) is 0 Å². The second-order valence-electron chi connectivity index (χ2n) is 6.69. The average molecular weight is 423 g/mol. The molecule has 0 aliphatic heterocycles. The summed E-state index contributed by atoms with van der Waals surface area (Å²) in [5.41, 5.74) is 1.33. The van der Waals surface area contributed by atoms with Gasteiger partial charge in [0.15, 0.2) is 0 Å². The van der Waals surface area contributed by atoms with Gasteiger partial charge in [-0.2, -0.15) is 0 Å². The summed E-state index contributed by atoms with van der Waals surface area (Å²) in [6.07, 6.45) is 0.603. The highest BCUT2D eigenvalue weighted by Gasteiger charge is 2.19. The SMILES string of the molecule is CNC(=O)CC(Cc1cccc(Cl)c1)NC(=O)c1ccc(OC(C)C)c(Cl)c1. The number of ether oxygens (including phenoxy) is 1. The number of halogens is 2. The maximum Gasteiger partial charge on any atom is 0.251 e. The first-order chi connectivity index (χ1) is 13.3. The van der Waals surface area contributed by atoms with Crippen molar-refractivity contribution >= 4 is 35.0 Å². The van der Waals surface area contributed by atoms with Crippen LogP contribution >= 0.6 is 23.2 Å². The van der Waals surface area contributed by atoms with E-state index in [1.54, 1.807) is 31.3 Å². The predicted molar refractivity (Wildman–Crippen MR) is 112 cm³/mol. The Labute approximate surface area is 175 Å². The molecule has 0 radical (unpaired) electrons. The summed E-state index contributed by atoms with van der Waals surface area (Å²) in [4.78, 5) is 24.6. The molecule has 0 saturated heterocycles. The van der Waals surface area contributed by atoms with E-state index < -0.39 is 6.04 Å². The van der Waals surface area contributed by atoms with Crippen LogP contribution in [0.15, 0.2) is 42.5 Å². The second kappa shape index (κ2) is 10.3. The molecule has 1 unspecified atom stereocenters. The Kier molecular flexibility index (Phi) is 8.15. The van der Waals surface area contributed by atoms with Gasteiger partial charge in [0, 0.05) is 30.1 Å². The van der Waals surface area contributed by atoms with Crippen LogP contribution in [0.2, 0.25) is 10.0 Å². The van der Waals surface area contributed by atoms with E-state index in [4.69, 9.17) is 27.9 Å². The summed E-state index contributed by atoms with van der Waals surface area (Å²) >= 11 is 12.3. The van der Waals surface area contributed by atoms with Crippen molar-refractivity contribution in [3.05, 3.63) is 63.6 Å². The maximum absolute atomic E-state index is 12.7. The van der Waals surface area contributed by atoms with Crippen molar-refractivity contribution in [2.45, 2.75) is 38.8 Å². The highest BCUT2D eigenvalue weighted by Crippen LogP contribution is 2.26. The molecular formula is C21H24Cl2N2O3. The zero-order valence-electron chi connectivity index (χ0n) is 16.1. The molecule has 0 aliphatic rings. The molecule has 7 heteroatoms. The minimum atomic E-state index is -0.392. The Bertz CT molecular complexity index is 840. The lowest BCUT2D eigenvalue weighted by Crippen LogP contribution is -2.40. The van der Waals surface area contributed by atoms with Crippen molar-refractivity contribution in [3.8, 4) is 5.75 Å². The van der Waals surface area contributed by atoms with Gasteiger partial charge in [-0.3, -0.25) is 9.59 Å². The molecule has 2 aromatic carbocycles. The van der Waals surface area contributed by atoms with Gasteiger partial charge in [-0.05, 0) is 56.2 Å². The number of benzene rings is 2. The maximum atomic E-state index is 12.7. The molecule has 150 valence electrons. The largest absolute Gasteiger partial charge is 0.489 e. The Morgan fingerprint density at radius 1 is 1.11 bits per heavy atom. The number of nitrogens with one attached hydrogen (secondary N) is 2. The molecule has 0 saturated carbocycles. The van der Waals surface area contributed by atoms with Crippen molar-refractivity contribution < 1.29 is 14.3 Å². The molecule has 28 heavy (non-hydrogen) atoms. The molecule has 2 amide bonds. The fraction of sp³-hybridized carbons (Fsp3) is 0.333. The molecule has 0 heterocycles. The molecule has 0 aromatic heterocycles. The Morgan fingerprint density at radius 3 is 2.46 bits per heavy atom. The quantitative estimate of drug-likeness (QED) is 0.667. The average Bonchev–Trinajstić information content (AvgIpc) is 2.62. The minimum Gasteiger partial charge on any atom is -0.489 e. The topological polar surface area (TPSA) is 67.4 Å². The lowest BCUT2D eigenvalue weighted by molar-refractivity contribution is -0.121. The molecule has 0 spiro atoms. The van der Waals surface area contributed by atoms with Crippen molar-refractivity contribution in [1.29, 1.82) is 0 Å². The highest BCUT2D eigenvalue weighted by atomic mass is 35.5. The normalized spacial score (nSPS) is 11.8. The van der Waals surface area contributed by atoms with Crippen molar-refractivity contribution in [1.82, 2.24) is 10.6 Å². The first-order valence-corrected chi connectivity index (χ1v) is 9.76. The van der Waals surface area contributed by atoms with Crippen molar-refractivity contribution in [3.63, 3.8) is 0 Å². The summed E-state index contributed by atoms with van der Waals surface area (Å²) in [5.74, 6) is 0.0500. The molecule has 2 aromatic rings. The summed E-state index contributed by atoms with van der Waals surface area (Å²) in [6, 6.07) is 11.8. The van der Waals surface area contributed by atoms with Crippen LogP contribution in [-0.2, 0) is 11.2 Å². The molecule has 0 fully saturated rings. The van der Waals surface area contributed by atoms with Crippen LogP contribution in [0.5, 0.6) is 5.75 Å². The van der Waals surface area contributed by atoms with E-state index >= 15 is 0 Å². The molecule has 0 aliphatic carbocycles. The van der Waals surface area contributed by atoms with Crippen molar-refractivity contribution in [2.75, 3.05) is 7.05 Å². The van der Waals surface area contributed by atoms with Crippen LogP contribution in [0.1, 0.15) is 36.2 Å². The summed E-state index contributed by atoms with van der Waals surface area (Å²) < 4.78 is 5.59. The van der Waals surface area contributed by atoms with E-state index in [-0.39, 0.29) is 24.3 Å². The van der Waals surface area contributed by atoms with Gasteiger partial charge in [-0.25, -0.2) is 0 Å². The third-order valence-corrected chi connectivity index (χ3v) is 4.50. The number of carbonyl (C=O) groups is 2. The van der Waals surface area contributed by atoms with Crippen LogP contribution < -0.4 is 15.4 Å². The zero-order valence-corrected chi connectivity index (χ0v) is 17.6. The monoisotopic (exact) mass is 422 g/mol. The summed E-state index contributed by atoms with van der Waals surface area (Å²) in [5, 5.41) is 6.46. The smallest absolute Gasteiger partial charge is 0.251 e. The third kappa shape index (κ3) is 6.73. The van der Waals surface area contributed by atoms with Crippen LogP contribution in [-0.4, -0.2) is 31.0 Å². The number of rotatable bonds is 8. The lowest BCUT2D eigenvalue weighted by Gasteiger charge is -2.19. The number of amides is 2. The number of carbonyl (C=O) groups excluding carboxylic acids is 2.